The van der Waals surface area contributed by atoms with Gasteiger partial charge < -0.3 is 5.73 Å². The molecule has 0 bridgehead atoms. The zero-order valence-corrected chi connectivity index (χ0v) is 12.0. The summed E-state index contributed by atoms with van der Waals surface area (Å²) in [5.74, 6) is 0. The summed E-state index contributed by atoms with van der Waals surface area (Å²) >= 11 is 0. The molecule has 1 heterocycles. The normalized spacial score (nSPS) is 19.2. The van der Waals surface area contributed by atoms with Gasteiger partial charge in [0.25, 0.3) is 0 Å². The molecule has 2 nitrogen and oxygen atoms in total. The van der Waals surface area contributed by atoms with Gasteiger partial charge in [0.2, 0.25) is 0 Å². The maximum absolute atomic E-state index is 6.15. The van der Waals surface area contributed by atoms with Crippen molar-refractivity contribution in [3.63, 3.8) is 0 Å². The molecule has 0 unspecified atom stereocenters. The Hall–Kier alpha value is -0.0800. The van der Waals surface area contributed by atoms with E-state index >= 15 is 0 Å². The number of nitrogens with two attached hydrogens (primary N) is 1. The molecule has 0 saturated carbocycles. The van der Waals surface area contributed by atoms with Crippen molar-refractivity contribution < 1.29 is 0 Å². The van der Waals surface area contributed by atoms with Crippen LogP contribution >= 0.6 is 0 Å². The summed E-state index contributed by atoms with van der Waals surface area (Å²) in [5.41, 5.74) is 6.30. The van der Waals surface area contributed by atoms with E-state index in [4.69, 9.17) is 5.73 Å². The summed E-state index contributed by atoms with van der Waals surface area (Å²) in [4.78, 5) is 2.51. The van der Waals surface area contributed by atoms with Crippen molar-refractivity contribution in [3.8, 4) is 0 Å². The molecule has 1 aliphatic rings. The fraction of sp³-hybridized carbons (Fsp3) is 1.00. The van der Waals surface area contributed by atoms with Gasteiger partial charge in [-0.2, -0.15) is 0 Å². The van der Waals surface area contributed by atoms with Gasteiger partial charge in [0.1, 0.15) is 0 Å². The summed E-state index contributed by atoms with van der Waals surface area (Å²) in [5, 5.41) is 0. The van der Waals surface area contributed by atoms with Crippen LogP contribution in [0.4, 0.5) is 0 Å². The Labute approximate surface area is 108 Å². The zero-order valence-electron chi connectivity index (χ0n) is 12.0. The van der Waals surface area contributed by atoms with Crippen LogP contribution in [0.2, 0.25) is 0 Å². The quantitative estimate of drug-likeness (QED) is 0.592. The van der Waals surface area contributed by atoms with Gasteiger partial charge in [-0.15, -0.1) is 0 Å². The second-order valence-electron chi connectivity index (χ2n) is 5.90. The van der Waals surface area contributed by atoms with Crippen molar-refractivity contribution >= 4 is 0 Å². The Kier molecular flexibility index (Phi) is 7.14. The van der Waals surface area contributed by atoms with Crippen molar-refractivity contribution in [2.45, 2.75) is 77.2 Å². The van der Waals surface area contributed by atoms with Crippen LogP contribution in [0.1, 0.15) is 71.6 Å². The molecule has 2 heteroatoms. The Morgan fingerprint density at radius 2 is 1.41 bits per heavy atom. The smallest absolute Gasteiger partial charge is 0.0409 e. The number of nitrogens with zero attached hydrogens (tertiary/aromatic N) is 1. The Balaban J connectivity index is 1.80. The van der Waals surface area contributed by atoms with Crippen molar-refractivity contribution in [1.82, 2.24) is 4.90 Å². The highest BCUT2D eigenvalue weighted by Crippen LogP contribution is 2.21. The number of hydrogen-bond donors (Lipinski definition) is 1. The van der Waals surface area contributed by atoms with E-state index in [-0.39, 0.29) is 5.54 Å². The number of hydrogen-bond acceptors (Lipinski definition) is 2. The van der Waals surface area contributed by atoms with Crippen LogP contribution in [0.25, 0.3) is 0 Å². The molecule has 0 radical (unpaired) electrons. The average molecular weight is 240 g/mol. The van der Waals surface area contributed by atoms with Gasteiger partial charge in [-0.3, -0.25) is 4.90 Å². The van der Waals surface area contributed by atoms with Crippen LogP contribution in [0.5, 0.6) is 0 Å². The van der Waals surface area contributed by atoms with Crippen LogP contribution in [0, 0.1) is 0 Å². The van der Waals surface area contributed by atoms with Gasteiger partial charge in [-0.05, 0) is 19.4 Å². The minimum absolute atomic E-state index is 0.153. The lowest BCUT2D eigenvalue weighted by Gasteiger charge is -2.47. The fourth-order valence-corrected chi connectivity index (χ4v) is 2.70. The number of unbranched alkanes of at least 4 members (excludes halogenated alkanes) is 7. The highest BCUT2D eigenvalue weighted by molar-refractivity contribution is 4.98. The van der Waals surface area contributed by atoms with Crippen LogP contribution < -0.4 is 5.73 Å². The second-order valence-corrected chi connectivity index (χ2v) is 5.90. The van der Waals surface area contributed by atoms with E-state index in [0.29, 0.717) is 0 Å². The van der Waals surface area contributed by atoms with Crippen LogP contribution in [0.3, 0.4) is 0 Å². The van der Waals surface area contributed by atoms with Crippen molar-refractivity contribution in [2.75, 3.05) is 19.6 Å². The van der Waals surface area contributed by atoms with Crippen LogP contribution in [-0.2, 0) is 0 Å². The summed E-state index contributed by atoms with van der Waals surface area (Å²) in [7, 11) is 0. The molecule has 1 rings (SSSR count). The van der Waals surface area contributed by atoms with E-state index < -0.39 is 0 Å². The van der Waals surface area contributed by atoms with E-state index in [9.17, 15) is 0 Å². The molecule has 1 fully saturated rings. The lowest BCUT2D eigenvalue weighted by Crippen LogP contribution is -2.66. The molecule has 1 saturated heterocycles. The molecule has 0 amide bonds. The third-order valence-corrected chi connectivity index (χ3v) is 4.11. The largest absolute Gasteiger partial charge is 0.323 e. The first-order valence-corrected chi connectivity index (χ1v) is 7.71. The third kappa shape index (κ3) is 5.87. The van der Waals surface area contributed by atoms with E-state index in [1.807, 2.05) is 0 Å². The lowest BCUT2D eigenvalue weighted by molar-refractivity contribution is 0.0663. The molecule has 17 heavy (non-hydrogen) atoms. The van der Waals surface area contributed by atoms with Crippen LogP contribution in [-0.4, -0.2) is 30.1 Å². The van der Waals surface area contributed by atoms with Crippen molar-refractivity contribution in [2.24, 2.45) is 5.73 Å². The van der Waals surface area contributed by atoms with Gasteiger partial charge in [0.15, 0.2) is 0 Å². The van der Waals surface area contributed by atoms with E-state index in [2.05, 4.69) is 18.7 Å². The maximum Gasteiger partial charge on any atom is 0.0409 e. The molecular formula is C15H32N2. The zero-order chi connectivity index (χ0) is 12.6. The number of likely N-dealkylation sites (tertiary alicyclic amines) is 1. The molecule has 102 valence electrons. The summed E-state index contributed by atoms with van der Waals surface area (Å²) in [6.07, 6.45) is 12.4. The van der Waals surface area contributed by atoms with E-state index in [0.717, 1.165) is 19.5 Å². The lowest BCUT2D eigenvalue weighted by atomic mass is 9.88. The van der Waals surface area contributed by atoms with Gasteiger partial charge in [0.05, 0.1) is 0 Å². The second kappa shape index (κ2) is 8.10. The summed E-state index contributed by atoms with van der Waals surface area (Å²) < 4.78 is 0. The van der Waals surface area contributed by atoms with Crippen LogP contribution in [0.15, 0.2) is 0 Å². The molecule has 0 aromatic heterocycles. The highest BCUT2D eigenvalue weighted by Gasteiger charge is 2.36. The molecule has 2 N–H and O–H groups in total. The molecule has 0 atom stereocenters. The first-order valence-electron chi connectivity index (χ1n) is 7.71. The topological polar surface area (TPSA) is 29.3 Å². The van der Waals surface area contributed by atoms with Gasteiger partial charge in [-0.1, -0.05) is 58.8 Å². The molecule has 0 aromatic carbocycles. The third-order valence-electron chi connectivity index (χ3n) is 4.11. The predicted molar refractivity (Wildman–Crippen MR) is 76.3 cm³/mol. The minimum Gasteiger partial charge on any atom is -0.323 e. The fourth-order valence-electron chi connectivity index (χ4n) is 2.70. The van der Waals surface area contributed by atoms with Crippen molar-refractivity contribution in [3.05, 3.63) is 0 Å². The van der Waals surface area contributed by atoms with E-state index in [1.54, 1.807) is 0 Å². The minimum atomic E-state index is 0.153. The molecule has 1 aliphatic heterocycles. The maximum atomic E-state index is 6.15. The molecule has 0 spiro atoms. The molecular weight excluding hydrogens is 208 g/mol. The SMILES string of the molecule is CCCCCCCCCCN1CC(N)(CC)C1. The molecule has 0 aliphatic carbocycles. The Morgan fingerprint density at radius 1 is 0.882 bits per heavy atom. The Morgan fingerprint density at radius 3 is 1.94 bits per heavy atom. The standard InChI is InChI=1S/C15H32N2/c1-3-5-6-7-8-9-10-11-12-17-13-15(16,4-2)14-17/h3-14,16H2,1-2H3. The van der Waals surface area contributed by atoms with E-state index in [1.165, 1.54) is 57.9 Å². The summed E-state index contributed by atoms with van der Waals surface area (Å²) in [6, 6.07) is 0. The van der Waals surface area contributed by atoms with Gasteiger partial charge in [-0.25, -0.2) is 0 Å². The number of rotatable bonds is 10. The predicted octanol–water partition coefficient (Wildman–Crippen LogP) is 3.55. The Bertz CT molecular complexity index is 185. The first-order chi connectivity index (χ1) is 8.20. The summed E-state index contributed by atoms with van der Waals surface area (Å²) in [6.45, 7) is 8.00. The van der Waals surface area contributed by atoms with Gasteiger partial charge >= 0.3 is 0 Å². The average Bonchev–Trinajstić information content (AvgIpc) is 2.29. The highest BCUT2D eigenvalue weighted by atomic mass is 15.2. The van der Waals surface area contributed by atoms with Crippen molar-refractivity contribution in [1.29, 1.82) is 0 Å². The van der Waals surface area contributed by atoms with Gasteiger partial charge in [0, 0.05) is 18.6 Å². The first kappa shape index (κ1) is 15.0. The molecule has 0 aromatic rings. The monoisotopic (exact) mass is 240 g/mol.